The van der Waals surface area contributed by atoms with Gasteiger partial charge in [-0.1, -0.05) is 57.2 Å². The Morgan fingerprint density at radius 2 is 1.58 bits per heavy atom. The van der Waals surface area contributed by atoms with Crippen molar-refractivity contribution in [3.63, 3.8) is 0 Å². The molecule has 2 rings (SSSR count). The van der Waals surface area contributed by atoms with Crippen molar-refractivity contribution in [3.8, 4) is 0 Å². The third-order valence-corrected chi connectivity index (χ3v) is 3.59. The van der Waals surface area contributed by atoms with Gasteiger partial charge in [-0.2, -0.15) is 0 Å². The van der Waals surface area contributed by atoms with E-state index < -0.39 is 17.6 Å². The molecule has 0 saturated heterocycles. The van der Waals surface area contributed by atoms with Crippen LogP contribution in [-0.2, 0) is 21.5 Å². The molecule has 0 unspecified atom stereocenters. The van der Waals surface area contributed by atoms with E-state index in [2.05, 4.69) is 10.6 Å². The Kier molecular flexibility index (Phi) is 5.34. The fourth-order valence-corrected chi connectivity index (χ4v) is 2.32. The van der Waals surface area contributed by atoms with E-state index in [4.69, 9.17) is 0 Å². The molecule has 0 aliphatic heterocycles. The van der Waals surface area contributed by atoms with Crippen LogP contribution in [0.25, 0.3) is 0 Å². The summed E-state index contributed by atoms with van der Waals surface area (Å²) in [6.45, 7) is 6.03. The number of carbonyl (C=O) groups is 2. The Morgan fingerprint density at radius 1 is 0.958 bits per heavy atom. The summed E-state index contributed by atoms with van der Waals surface area (Å²) in [5.41, 5.74) is 1.68. The first-order valence-corrected chi connectivity index (χ1v) is 7.71. The molecular formula is C19H21FN2O2. The molecule has 0 spiro atoms. The molecular weight excluding hydrogens is 307 g/mol. The molecule has 2 aromatic rings. The Bertz CT molecular complexity index is 751. The molecule has 0 aliphatic carbocycles. The highest BCUT2D eigenvalue weighted by Crippen LogP contribution is 2.29. The molecule has 2 amide bonds. The van der Waals surface area contributed by atoms with Crippen molar-refractivity contribution >= 4 is 17.5 Å². The van der Waals surface area contributed by atoms with Crippen LogP contribution >= 0.6 is 0 Å². The molecule has 0 radical (unpaired) electrons. The van der Waals surface area contributed by atoms with Crippen LogP contribution < -0.4 is 10.6 Å². The maximum Gasteiger partial charge on any atom is 0.313 e. The van der Waals surface area contributed by atoms with Gasteiger partial charge in [-0.25, -0.2) is 4.39 Å². The number of hydrogen-bond acceptors (Lipinski definition) is 2. The lowest BCUT2D eigenvalue weighted by Crippen LogP contribution is -2.35. The lowest BCUT2D eigenvalue weighted by molar-refractivity contribution is -0.136. The average molecular weight is 328 g/mol. The van der Waals surface area contributed by atoms with Crippen LogP contribution in [0.2, 0.25) is 0 Å². The van der Waals surface area contributed by atoms with Crippen molar-refractivity contribution in [2.45, 2.75) is 32.7 Å². The summed E-state index contributed by atoms with van der Waals surface area (Å²) >= 11 is 0. The van der Waals surface area contributed by atoms with Gasteiger partial charge in [0.2, 0.25) is 0 Å². The summed E-state index contributed by atoms with van der Waals surface area (Å²) < 4.78 is 13.5. The normalized spacial score (nSPS) is 11.0. The van der Waals surface area contributed by atoms with Crippen molar-refractivity contribution in [1.82, 2.24) is 5.32 Å². The van der Waals surface area contributed by atoms with Crippen LogP contribution in [0.15, 0.2) is 48.5 Å². The number of nitrogens with one attached hydrogen (secondary N) is 2. The molecule has 2 aromatic carbocycles. The third kappa shape index (κ3) is 4.41. The monoisotopic (exact) mass is 328 g/mol. The number of benzene rings is 2. The van der Waals surface area contributed by atoms with Crippen LogP contribution in [0.3, 0.4) is 0 Å². The smallest absolute Gasteiger partial charge is 0.313 e. The molecule has 0 aliphatic rings. The van der Waals surface area contributed by atoms with Gasteiger partial charge in [-0.15, -0.1) is 0 Å². The highest BCUT2D eigenvalue weighted by molar-refractivity contribution is 6.39. The van der Waals surface area contributed by atoms with Crippen molar-refractivity contribution in [2.75, 3.05) is 5.32 Å². The molecule has 4 nitrogen and oxygen atoms in total. The molecule has 0 atom stereocenters. The van der Waals surface area contributed by atoms with Crippen LogP contribution in [0.4, 0.5) is 10.1 Å². The van der Waals surface area contributed by atoms with Gasteiger partial charge in [0.15, 0.2) is 0 Å². The van der Waals surface area contributed by atoms with Gasteiger partial charge >= 0.3 is 11.8 Å². The summed E-state index contributed by atoms with van der Waals surface area (Å²) in [6.07, 6.45) is 0. The highest BCUT2D eigenvalue weighted by Gasteiger charge is 2.21. The SMILES string of the molecule is CC(C)(C)c1ccccc1NC(=O)C(=O)NCc1ccccc1F. The number of rotatable bonds is 3. The predicted octanol–water partition coefficient (Wildman–Crippen LogP) is 3.38. The number of anilines is 1. The largest absolute Gasteiger partial charge is 0.344 e. The Labute approximate surface area is 141 Å². The van der Waals surface area contributed by atoms with Crippen LogP contribution in [0.5, 0.6) is 0 Å². The highest BCUT2D eigenvalue weighted by atomic mass is 19.1. The Balaban J connectivity index is 2.03. The van der Waals surface area contributed by atoms with Crippen molar-refractivity contribution in [3.05, 3.63) is 65.5 Å². The number of carbonyl (C=O) groups excluding carboxylic acids is 2. The quantitative estimate of drug-likeness (QED) is 0.849. The van der Waals surface area contributed by atoms with Gasteiger partial charge < -0.3 is 10.6 Å². The van der Waals surface area contributed by atoms with Gasteiger partial charge in [0, 0.05) is 17.8 Å². The summed E-state index contributed by atoms with van der Waals surface area (Å²) in [5.74, 6) is -2.00. The van der Waals surface area contributed by atoms with E-state index in [-0.39, 0.29) is 12.0 Å². The maximum absolute atomic E-state index is 13.5. The lowest BCUT2D eigenvalue weighted by Gasteiger charge is -2.22. The summed E-state index contributed by atoms with van der Waals surface area (Å²) in [6, 6.07) is 13.4. The summed E-state index contributed by atoms with van der Waals surface area (Å²) in [4.78, 5) is 24.0. The number of halogens is 1. The van der Waals surface area contributed by atoms with Gasteiger partial charge in [0.05, 0.1) is 0 Å². The van der Waals surface area contributed by atoms with Crippen molar-refractivity contribution in [2.24, 2.45) is 0 Å². The second-order valence-corrected chi connectivity index (χ2v) is 6.52. The standard InChI is InChI=1S/C19H21FN2O2/c1-19(2,3)14-9-5-7-11-16(14)22-18(24)17(23)21-12-13-8-4-6-10-15(13)20/h4-11H,12H2,1-3H3,(H,21,23)(H,22,24). The Hall–Kier alpha value is -2.69. The van der Waals surface area contributed by atoms with E-state index in [1.807, 2.05) is 32.9 Å². The van der Waals surface area contributed by atoms with E-state index >= 15 is 0 Å². The molecule has 0 fully saturated rings. The summed E-state index contributed by atoms with van der Waals surface area (Å²) in [5, 5.41) is 5.05. The minimum absolute atomic E-state index is 0.0418. The van der Waals surface area contributed by atoms with E-state index in [1.54, 1.807) is 30.3 Å². The molecule has 126 valence electrons. The van der Waals surface area contributed by atoms with Gasteiger partial charge in [0.25, 0.3) is 0 Å². The van der Waals surface area contributed by atoms with Crippen molar-refractivity contribution < 1.29 is 14.0 Å². The van der Waals surface area contributed by atoms with E-state index in [9.17, 15) is 14.0 Å². The topological polar surface area (TPSA) is 58.2 Å². The van der Waals surface area contributed by atoms with E-state index in [0.29, 0.717) is 11.3 Å². The van der Waals surface area contributed by atoms with Crippen LogP contribution in [0, 0.1) is 5.82 Å². The molecule has 0 aromatic heterocycles. The predicted molar refractivity (Wildman–Crippen MR) is 92.0 cm³/mol. The fraction of sp³-hybridized carbons (Fsp3) is 0.263. The first-order chi connectivity index (χ1) is 11.3. The van der Waals surface area contributed by atoms with Crippen LogP contribution in [-0.4, -0.2) is 11.8 Å². The minimum atomic E-state index is -0.804. The van der Waals surface area contributed by atoms with E-state index in [1.165, 1.54) is 6.07 Å². The summed E-state index contributed by atoms with van der Waals surface area (Å²) in [7, 11) is 0. The average Bonchev–Trinajstić information content (AvgIpc) is 2.53. The number of para-hydroxylation sites is 1. The zero-order chi connectivity index (χ0) is 17.7. The molecule has 2 N–H and O–H groups in total. The zero-order valence-electron chi connectivity index (χ0n) is 14.0. The first-order valence-electron chi connectivity index (χ1n) is 7.71. The van der Waals surface area contributed by atoms with Gasteiger partial charge in [-0.05, 0) is 23.1 Å². The molecule has 0 bridgehead atoms. The molecule has 5 heteroatoms. The lowest BCUT2D eigenvalue weighted by atomic mass is 9.86. The van der Waals surface area contributed by atoms with Gasteiger partial charge in [0.1, 0.15) is 5.82 Å². The second-order valence-electron chi connectivity index (χ2n) is 6.52. The van der Waals surface area contributed by atoms with Crippen molar-refractivity contribution in [1.29, 1.82) is 0 Å². The minimum Gasteiger partial charge on any atom is -0.344 e. The van der Waals surface area contributed by atoms with Crippen LogP contribution in [0.1, 0.15) is 31.9 Å². The molecule has 24 heavy (non-hydrogen) atoms. The van der Waals surface area contributed by atoms with Gasteiger partial charge in [-0.3, -0.25) is 9.59 Å². The molecule has 0 heterocycles. The second kappa shape index (κ2) is 7.25. The van der Waals surface area contributed by atoms with E-state index in [0.717, 1.165) is 5.56 Å². The Morgan fingerprint density at radius 3 is 2.25 bits per heavy atom. The number of amides is 2. The zero-order valence-corrected chi connectivity index (χ0v) is 14.0. The maximum atomic E-state index is 13.5. The molecule has 0 saturated carbocycles. The number of hydrogen-bond donors (Lipinski definition) is 2. The fourth-order valence-electron chi connectivity index (χ4n) is 2.32. The third-order valence-electron chi connectivity index (χ3n) is 3.59. The first kappa shape index (κ1) is 17.7.